The molecule has 0 saturated carbocycles. The Hall–Kier alpha value is -1.55. The van der Waals surface area contributed by atoms with Crippen LogP contribution in [0, 0.1) is 0 Å². The van der Waals surface area contributed by atoms with Crippen LogP contribution in [-0.4, -0.2) is 126 Å². The normalized spacial score (nSPS) is 23.1. The minimum absolute atomic E-state index is 0.0555. The molecular weight excluding hydrogens is 340 g/mol. The molecule has 0 bridgehead atoms. The fourth-order valence-corrected chi connectivity index (χ4v) is 3.30. The summed E-state index contributed by atoms with van der Waals surface area (Å²) in [6.07, 6.45) is 0.877. The first-order chi connectivity index (χ1) is 12.3. The predicted molar refractivity (Wildman–Crippen MR) is 97.4 cm³/mol. The lowest BCUT2D eigenvalue weighted by molar-refractivity contribution is -0.140. The molecular formula is C17H32N4O5. The van der Waals surface area contributed by atoms with Crippen molar-refractivity contribution in [3.05, 3.63) is 0 Å². The second-order valence-corrected chi connectivity index (χ2v) is 6.74. The Bertz CT molecular complexity index is 462. The lowest BCUT2D eigenvalue weighted by atomic mass is 10.2. The van der Waals surface area contributed by atoms with E-state index >= 15 is 0 Å². The van der Waals surface area contributed by atoms with Gasteiger partial charge in [-0.05, 0) is 13.5 Å². The molecule has 26 heavy (non-hydrogen) atoms. The molecule has 0 aromatic heterocycles. The molecule has 150 valence electrons. The number of carbonyl (C=O) groups excluding carboxylic acids is 1. The van der Waals surface area contributed by atoms with Crippen molar-refractivity contribution in [3.63, 3.8) is 0 Å². The van der Waals surface area contributed by atoms with Gasteiger partial charge >= 0.3 is 11.9 Å². The third-order valence-corrected chi connectivity index (χ3v) is 4.77. The number of hydrogen-bond donors (Lipinski definition) is 2. The van der Waals surface area contributed by atoms with E-state index in [4.69, 9.17) is 10.2 Å². The van der Waals surface area contributed by atoms with Crippen molar-refractivity contribution >= 4 is 18.2 Å². The SMILES string of the molecule is CCN1CCN(CC=O)CCN(CC(=O)O)CCN(CC(=O)O)CC1C. The third kappa shape index (κ3) is 8.70. The number of nitrogens with zero attached hydrogens (tertiary/aromatic N) is 4. The molecule has 0 amide bonds. The first-order valence-electron chi connectivity index (χ1n) is 9.14. The van der Waals surface area contributed by atoms with Crippen LogP contribution in [0.4, 0.5) is 0 Å². The summed E-state index contributed by atoms with van der Waals surface area (Å²) in [7, 11) is 0. The topological polar surface area (TPSA) is 105 Å². The van der Waals surface area contributed by atoms with E-state index in [0.29, 0.717) is 39.3 Å². The molecule has 9 heteroatoms. The lowest BCUT2D eigenvalue weighted by Crippen LogP contribution is -2.50. The minimum atomic E-state index is -0.908. The molecule has 1 aliphatic heterocycles. The zero-order valence-electron chi connectivity index (χ0n) is 15.8. The molecule has 0 aromatic carbocycles. The van der Waals surface area contributed by atoms with Gasteiger partial charge in [-0.1, -0.05) is 6.92 Å². The highest BCUT2D eigenvalue weighted by Gasteiger charge is 2.21. The summed E-state index contributed by atoms with van der Waals surface area (Å²) in [6, 6.07) is 0.171. The summed E-state index contributed by atoms with van der Waals surface area (Å²) in [4.78, 5) is 41.2. The predicted octanol–water partition coefficient (Wildman–Crippen LogP) is -1.02. The van der Waals surface area contributed by atoms with Crippen molar-refractivity contribution < 1.29 is 24.6 Å². The standard InChI is InChI=1S/C17H32N4O5/c1-3-21-9-8-18(10-11-22)4-5-19(13-16(23)24)6-7-20(12-15(21)2)14-17(25)26/h11,15H,3-10,12-14H2,1-2H3,(H,23,24)(H,25,26). The van der Waals surface area contributed by atoms with E-state index in [1.165, 1.54) is 0 Å². The third-order valence-electron chi connectivity index (χ3n) is 4.77. The molecule has 1 fully saturated rings. The molecule has 0 aromatic rings. The van der Waals surface area contributed by atoms with Crippen molar-refractivity contribution in [1.82, 2.24) is 19.6 Å². The van der Waals surface area contributed by atoms with Gasteiger partial charge in [0.05, 0.1) is 19.6 Å². The number of likely N-dealkylation sites (N-methyl/N-ethyl adjacent to an activating group) is 1. The summed E-state index contributed by atoms with van der Waals surface area (Å²) in [6.45, 7) is 9.40. The summed E-state index contributed by atoms with van der Waals surface area (Å²) >= 11 is 0. The van der Waals surface area contributed by atoms with Crippen molar-refractivity contribution in [1.29, 1.82) is 0 Å². The fourth-order valence-electron chi connectivity index (χ4n) is 3.30. The van der Waals surface area contributed by atoms with Crippen LogP contribution in [0.5, 0.6) is 0 Å². The smallest absolute Gasteiger partial charge is 0.317 e. The maximum Gasteiger partial charge on any atom is 0.317 e. The van der Waals surface area contributed by atoms with E-state index in [2.05, 4.69) is 18.7 Å². The highest BCUT2D eigenvalue weighted by atomic mass is 16.4. The number of carbonyl (C=O) groups is 3. The van der Waals surface area contributed by atoms with Gasteiger partial charge in [-0.25, -0.2) is 0 Å². The van der Waals surface area contributed by atoms with Gasteiger partial charge in [-0.3, -0.25) is 29.2 Å². The van der Waals surface area contributed by atoms with Crippen LogP contribution in [-0.2, 0) is 14.4 Å². The van der Waals surface area contributed by atoms with Crippen LogP contribution in [0.3, 0.4) is 0 Å². The maximum absolute atomic E-state index is 11.2. The maximum atomic E-state index is 11.2. The van der Waals surface area contributed by atoms with Crippen molar-refractivity contribution in [2.75, 3.05) is 72.0 Å². The zero-order valence-corrected chi connectivity index (χ0v) is 15.8. The zero-order chi connectivity index (χ0) is 19.5. The van der Waals surface area contributed by atoms with Crippen molar-refractivity contribution in [3.8, 4) is 0 Å². The Balaban J connectivity index is 2.89. The first kappa shape index (κ1) is 22.5. The Labute approximate surface area is 155 Å². The molecule has 1 aliphatic rings. The monoisotopic (exact) mass is 372 g/mol. The van der Waals surface area contributed by atoms with Crippen LogP contribution < -0.4 is 0 Å². The van der Waals surface area contributed by atoms with Gasteiger partial charge < -0.3 is 15.0 Å². The molecule has 1 unspecified atom stereocenters. The van der Waals surface area contributed by atoms with Gasteiger partial charge in [0.1, 0.15) is 6.29 Å². The lowest BCUT2D eigenvalue weighted by Gasteiger charge is -2.36. The highest BCUT2D eigenvalue weighted by molar-refractivity contribution is 5.69. The Morgan fingerprint density at radius 2 is 1.42 bits per heavy atom. The second-order valence-electron chi connectivity index (χ2n) is 6.74. The van der Waals surface area contributed by atoms with Crippen LogP contribution in [0.2, 0.25) is 0 Å². The number of hydrogen-bond acceptors (Lipinski definition) is 7. The van der Waals surface area contributed by atoms with Crippen LogP contribution >= 0.6 is 0 Å². The molecule has 2 N–H and O–H groups in total. The van der Waals surface area contributed by atoms with Crippen LogP contribution in [0.1, 0.15) is 13.8 Å². The van der Waals surface area contributed by atoms with E-state index in [9.17, 15) is 14.4 Å². The summed E-state index contributed by atoms with van der Waals surface area (Å²) in [5.41, 5.74) is 0. The molecule has 1 saturated heterocycles. The molecule has 0 aliphatic carbocycles. The average Bonchev–Trinajstić information content (AvgIpc) is 2.55. The molecule has 0 spiro atoms. The number of carboxylic acids is 2. The Morgan fingerprint density at radius 3 is 1.96 bits per heavy atom. The molecule has 9 nitrogen and oxygen atoms in total. The van der Waals surface area contributed by atoms with Gasteiger partial charge in [0.25, 0.3) is 0 Å². The Morgan fingerprint density at radius 1 is 0.923 bits per heavy atom. The first-order valence-corrected chi connectivity index (χ1v) is 9.14. The van der Waals surface area contributed by atoms with E-state index in [-0.39, 0.29) is 19.1 Å². The van der Waals surface area contributed by atoms with E-state index in [1.807, 2.05) is 9.80 Å². The van der Waals surface area contributed by atoms with Gasteiger partial charge in [0.15, 0.2) is 0 Å². The number of aliphatic carboxylic acids is 2. The highest BCUT2D eigenvalue weighted by Crippen LogP contribution is 2.05. The molecule has 1 atom stereocenters. The van der Waals surface area contributed by atoms with E-state index in [0.717, 1.165) is 25.9 Å². The minimum Gasteiger partial charge on any atom is -0.480 e. The molecule has 1 rings (SSSR count). The second kappa shape index (κ2) is 11.9. The van der Waals surface area contributed by atoms with Crippen molar-refractivity contribution in [2.24, 2.45) is 0 Å². The van der Waals surface area contributed by atoms with Gasteiger partial charge in [0, 0.05) is 51.9 Å². The number of rotatable bonds is 7. The Kier molecular flexibility index (Phi) is 10.3. The quantitative estimate of drug-likeness (QED) is 0.544. The van der Waals surface area contributed by atoms with E-state index in [1.54, 1.807) is 4.90 Å². The van der Waals surface area contributed by atoms with Crippen molar-refractivity contribution in [2.45, 2.75) is 19.9 Å². The van der Waals surface area contributed by atoms with Crippen LogP contribution in [0.25, 0.3) is 0 Å². The molecule has 0 radical (unpaired) electrons. The van der Waals surface area contributed by atoms with Gasteiger partial charge in [0.2, 0.25) is 0 Å². The van der Waals surface area contributed by atoms with Crippen LogP contribution in [0.15, 0.2) is 0 Å². The van der Waals surface area contributed by atoms with Gasteiger partial charge in [-0.15, -0.1) is 0 Å². The summed E-state index contributed by atoms with van der Waals surface area (Å²) in [5, 5.41) is 18.3. The largest absolute Gasteiger partial charge is 0.480 e. The fraction of sp³-hybridized carbons (Fsp3) is 0.824. The number of aldehydes is 1. The summed E-state index contributed by atoms with van der Waals surface area (Å²) in [5.74, 6) is -1.79. The molecule has 1 heterocycles. The van der Waals surface area contributed by atoms with E-state index < -0.39 is 11.9 Å². The van der Waals surface area contributed by atoms with Gasteiger partial charge in [-0.2, -0.15) is 0 Å². The summed E-state index contributed by atoms with van der Waals surface area (Å²) < 4.78 is 0. The average molecular weight is 372 g/mol. The number of carboxylic acid groups (broad SMARTS) is 2.